The monoisotopic (exact) mass is 418 g/mol. The van der Waals surface area contributed by atoms with Gasteiger partial charge in [0.1, 0.15) is 12.5 Å². The molecule has 0 saturated heterocycles. The van der Waals surface area contributed by atoms with E-state index >= 15 is 0 Å². The van der Waals surface area contributed by atoms with E-state index in [0.29, 0.717) is 17.7 Å². The fourth-order valence-corrected chi connectivity index (χ4v) is 2.50. The molecule has 7 nitrogen and oxygen atoms in total. The highest BCUT2D eigenvalue weighted by Gasteiger charge is 2.25. The molecule has 0 aliphatic heterocycles. The Bertz CT molecular complexity index is 829. The van der Waals surface area contributed by atoms with Crippen molar-refractivity contribution in [3.05, 3.63) is 65.7 Å². The summed E-state index contributed by atoms with van der Waals surface area (Å²) in [7, 11) is 0. The van der Waals surface area contributed by atoms with Crippen molar-refractivity contribution in [3.8, 4) is 0 Å². The maximum atomic E-state index is 12.5. The van der Waals surface area contributed by atoms with Gasteiger partial charge in [0.2, 0.25) is 5.91 Å². The third-order valence-corrected chi connectivity index (χ3v) is 4.03. The number of alkyl halides is 1. The number of hydrogen-bond acceptors (Lipinski definition) is 5. The van der Waals surface area contributed by atoms with E-state index < -0.39 is 18.1 Å². The number of halogens is 1. The molecule has 2 rings (SSSR count). The van der Waals surface area contributed by atoms with Gasteiger partial charge in [0.25, 0.3) is 0 Å². The Morgan fingerprint density at radius 2 is 1.79 bits per heavy atom. The topological polar surface area (TPSA) is 93.7 Å². The van der Waals surface area contributed by atoms with Gasteiger partial charge in [-0.25, -0.2) is 9.59 Å². The molecule has 0 aromatic heterocycles. The quantitative estimate of drug-likeness (QED) is 0.477. The SMILES string of the molecule is CCCOC(=O)[C@H](NC(=O)OCc1ccccc1)c1cccc(NC(=O)CCl)c1. The van der Waals surface area contributed by atoms with Gasteiger partial charge in [0.05, 0.1) is 6.61 Å². The van der Waals surface area contributed by atoms with Gasteiger partial charge < -0.3 is 20.1 Å². The van der Waals surface area contributed by atoms with Crippen LogP contribution in [-0.2, 0) is 25.7 Å². The van der Waals surface area contributed by atoms with Gasteiger partial charge >= 0.3 is 12.1 Å². The Morgan fingerprint density at radius 3 is 2.48 bits per heavy atom. The molecule has 0 fully saturated rings. The first-order valence-corrected chi connectivity index (χ1v) is 9.66. The zero-order chi connectivity index (χ0) is 21.1. The molecule has 29 heavy (non-hydrogen) atoms. The van der Waals surface area contributed by atoms with Crippen LogP contribution in [-0.4, -0.2) is 30.5 Å². The van der Waals surface area contributed by atoms with Gasteiger partial charge in [-0.2, -0.15) is 0 Å². The number of alkyl carbamates (subject to hydrolysis) is 1. The second-order valence-electron chi connectivity index (χ2n) is 6.11. The number of carbonyl (C=O) groups excluding carboxylic acids is 3. The molecule has 1 atom stereocenters. The van der Waals surface area contributed by atoms with Crippen molar-refractivity contribution in [1.29, 1.82) is 0 Å². The molecule has 2 aromatic carbocycles. The first-order valence-electron chi connectivity index (χ1n) is 9.13. The molecule has 0 spiro atoms. The van der Waals surface area contributed by atoms with Gasteiger partial charge in [-0.05, 0) is 29.7 Å². The lowest BCUT2D eigenvalue weighted by atomic mass is 10.1. The summed E-state index contributed by atoms with van der Waals surface area (Å²) in [5, 5.41) is 5.13. The van der Waals surface area contributed by atoms with Crippen LogP contribution in [0.4, 0.5) is 10.5 Å². The fraction of sp³-hybridized carbons (Fsp3) is 0.286. The van der Waals surface area contributed by atoms with Crippen LogP contribution in [0.5, 0.6) is 0 Å². The number of hydrogen-bond donors (Lipinski definition) is 2. The van der Waals surface area contributed by atoms with Gasteiger partial charge in [0, 0.05) is 5.69 Å². The summed E-state index contributed by atoms with van der Waals surface area (Å²) in [6.45, 7) is 2.15. The number of ether oxygens (including phenoxy) is 2. The second-order valence-corrected chi connectivity index (χ2v) is 6.38. The van der Waals surface area contributed by atoms with Crippen LogP contribution >= 0.6 is 11.6 Å². The molecule has 0 radical (unpaired) electrons. The molecule has 0 heterocycles. The molecule has 0 aliphatic carbocycles. The zero-order valence-electron chi connectivity index (χ0n) is 16.0. The summed E-state index contributed by atoms with van der Waals surface area (Å²) in [4.78, 5) is 36.3. The van der Waals surface area contributed by atoms with E-state index in [2.05, 4.69) is 10.6 Å². The van der Waals surface area contributed by atoms with Gasteiger partial charge in [-0.15, -0.1) is 11.6 Å². The van der Waals surface area contributed by atoms with Crippen LogP contribution in [0.15, 0.2) is 54.6 Å². The summed E-state index contributed by atoms with van der Waals surface area (Å²) >= 11 is 5.51. The van der Waals surface area contributed by atoms with Gasteiger partial charge in [0.15, 0.2) is 6.04 Å². The van der Waals surface area contributed by atoms with E-state index in [1.807, 2.05) is 37.3 Å². The van der Waals surface area contributed by atoms with E-state index in [9.17, 15) is 14.4 Å². The zero-order valence-corrected chi connectivity index (χ0v) is 16.8. The van der Waals surface area contributed by atoms with Crippen LogP contribution in [0.3, 0.4) is 0 Å². The second kappa shape index (κ2) is 11.7. The summed E-state index contributed by atoms with van der Waals surface area (Å²) in [6.07, 6.45) is -0.120. The van der Waals surface area contributed by atoms with E-state index in [-0.39, 0.29) is 25.0 Å². The number of amides is 2. The predicted octanol–water partition coefficient (Wildman–Crippen LogP) is 3.78. The molecular weight excluding hydrogens is 396 g/mol. The van der Waals surface area contributed by atoms with Crippen molar-refractivity contribution < 1.29 is 23.9 Å². The Labute approximate surface area is 174 Å². The average molecular weight is 419 g/mol. The largest absolute Gasteiger partial charge is 0.464 e. The average Bonchev–Trinajstić information content (AvgIpc) is 2.75. The van der Waals surface area contributed by atoms with Crippen LogP contribution in [0.1, 0.15) is 30.5 Å². The standard InChI is InChI=1S/C21H23ClN2O5/c1-2-11-28-20(26)19(16-9-6-10-17(12-16)23-18(25)13-22)24-21(27)29-14-15-7-4-3-5-8-15/h3-10,12,19H,2,11,13-14H2,1H3,(H,23,25)(H,24,27)/t19-/m1/s1. The third kappa shape index (κ3) is 7.46. The molecule has 2 amide bonds. The molecule has 0 unspecified atom stereocenters. The highest BCUT2D eigenvalue weighted by molar-refractivity contribution is 6.29. The van der Waals surface area contributed by atoms with Crippen LogP contribution in [0, 0.1) is 0 Å². The first-order chi connectivity index (χ1) is 14.0. The van der Waals surface area contributed by atoms with Crippen molar-refractivity contribution in [2.45, 2.75) is 26.0 Å². The lowest BCUT2D eigenvalue weighted by molar-refractivity contribution is -0.146. The Morgan fingerprint density at radius 1 is 1.03 bits per heavy atom. The van der Waals surface area contributed by atoms with Crippen LogP contribution in [0.25, 0.3) is 0 Å². The molecule has 154 valence electrons. The van der Waals surface area contributed by atoms with E-state index in [4.69, 9.17) is 21.1 Å². The summed E-state index contributed by atoms with van der Waals surface area (Å²) < 4.78 is 10.4. The first kappa shape index (κ1) is 22.2. The minimum atomic E-state index is -1.09. The normalized spacial score (nSPS) is 11.2. The number of benzene rings is 2. The lowest BCUT2D eigenvalue weighted by Crippen LogP contribution is -2.35. The molecule has 0 saturated carbocycles. The number of esters is 1. The molecule has 2 aromatic rings. The maximum Gasteiger partial charge on any atom is 0.408 e. The Kier molecular flexibility index (Phi) is 8.98. The van der Waals surface area contributed by atoms with Gasteiger partial charge in [-0.3, -0.25) is 4.79 Å². The Balaban J connectivity index is 2.12. The number of anilines is 1. The lowest BCUT2D eigenvalue weighted by Gasteiger charge is -2.18. The van der Waals surface area contributed by atoms with Crippen molar-refractivity contribution in [2.75, 3.05) is 17.8 Å². The molecule has 0 aliphatic rings. The third-order valence-electron chi connectivity index (χ3n) is 3.78. The van der Waals surface area contributed by atoms with Crippen LogP contribution in [0.2, 0.25) is 0 Å². The fourth-order valence-electron chi connectivity index (χ4n) is 2.44. The molecule has 2 N–H and O–H groups in total. The van der Waals surface area contributed by atoms with E-state index in [1.165, 1.54) is 0 Å². The summed E-state index contributed by atoms with van der Waals surface area (Å²) in [5.74, 6) is -1.20. The molecule has 8 heteroatoms. The number of rotatable bonds is 9. The number of carbonyl (C=O) groups is 3. The van der Waals surface area contributed by atoms with Crippen molar-refractivity contribution >= 4 is 35.3 Å². The van der Waals surface area contributed by atoms with Crippen molar-refractivity contribution in [3.63, 3.8) is 0 Å². The van der Waals surface area contributed by atoms with Gasteiger partial charge in [-0.1, -0.05) is 49.4 Å². The number of nitrogens with one attached hydrogen (secondary N) is 2. The van der Waals surface area contributed by atoms with Crippen molar-refractivity contribution in [1.82, 2.24) is 5.32 Å². The smallest absolute Gasteiger partial charge is 0.408 e. The van der Waals surface area contributed by atoms with Crippen molar-refractivity contribution in [2.24, 2.45) is 0 Å². The Hall–Kier alpha value is -3.06. The molecular formula is C21H23ClN2O5. The minimum absolute atomic E-state index is 0.0647. The molecule has 0 bridgehead atoms. The summed E-state index contributed by atoms with van der Waals surface area (Å²) in [6, 6.07) is 14.6. The predicted molar refractivity (Wildman–Crippen MR) is 110 cm³/mol. The van der Waals surface area contributed by atoms with E-state index in [1.54, 1.807) is 24.3 Å². The summed E-state index contributed by atoms with van der Waals surface area (Å²) in [5.41, 5.74) is 1.70. The highest BCUT2D eigenvalue weighted by atomic mass is 35.5. The minimum Gasteiger partial charge on any atom is -0.464 e. The highest BCUT2D eigenvalue weighted by Crippen LogP contribution is 2.20. The van der Waals surface area contributed by atoms with Crippen LogP contribution < -0.4 is 10.6 Å². The maximum absolute atomic E-state index is 12.5. The van der Waals surface area contributed by atoms with E-state index in [0.717, 1.165) is 5.56 Å².